The number of thiazole rings is 1. The van der Waals surface area contributed by atoms with Gasteiger partial charge in [0.15, 0.2) is 0 Å². The Labute approximate surface area is 268 Å². The molecule has 2 fully saturated rings. The number of likely N-dealkylation sites (tertiary alicyclic amines) is 2. The molecule has 0 saturated carbocycles. The maximum absolute atomic E-state index is 16.3. The number of nitrogens with zero attached hydrogens (tertiary/aromatic N) is 5. The molecule has 11 heteroatoms. The van der Waals surface area contributed by atoms with Crippen molar-refractivity contribution in [2.75, 3.05) is 32.7 Å². The van der Waals surface area contributed by atoms with Crippen LogP contribution in [0.5, 0.6) is 0 Å². The molecule has 238 valence electrons. The van der Waals surface area contributed by atoms with E-state index in [1.807, 2.05) is 33.7 Å². The van der Waals surface area contributed by atoms with Crippen LogP contribution in [0, 0.1) is 18.6 Å². The van der Waals surface area contributed by atoms with Gasteiger partial charge < -0.3 is 4.90 Å². The number of carbonyl (C=O) groups is 1. The summed E-state index contributed by atoms with van der Waals surface area (Å²) in [5.41, 5.74) is 6.59. The Morgan fingerprint density at radius 3 is 2.39 bits per heavy atom. The molecule has 46 heavy (non-hydrogen) atoms. The van der Waals surface area contributed by atoms with Crippen molar-refractivity contribution in [3.05, 3.63) is 88.6 Å². The number of aryl methyl sites for hydroxylation is 1. The number of halogens is 4. The number of rotatable bonds is 7. The van der Waals surface area contributed by atoms with Crippen molar-refractivity contribution in [1.29, 1.82) is 0 Å². The van der Waals surface area contributed by atoms with Crippen molar-refractivity contribution in [1.82, 2.24) is 24.2 Å². The van der Waals surface area contributed by atoms with Crippen LogP contribution in [0.3, 0.4) is 0 Å². The predicted molar refractivity (Wildman–Crippen MR) is 171 cm³/mol. The van der Waals surface area contributed by atoms with E-state index in [0.29, 0.717) is 46.9 Å². The van der Waals surface area contributed by atoms with Gasteiger partial charge in [-0.2, -0.15) is 0 Å². The highest BCUT2D eigenvalue weighted by Gasteiger charge is 2.46. The minimum Gasteiger partial charge on any atom is -0.329 e. The highest BCUT2D eigenvalue weighted by atomic mass is 32.1. The minimum absolute atomic E-state index is 0.163. The molecule has 3 aromatic heterocycles. The first-order valence-corrected chi connectivity index (χ1v) is 16.4. The normalized spacial score (nSPS) is 17.0. The third-order valence-electron chi connectivity index (χ3n) is 9.18. The van der Waals surface area contributed by atoms with Gasteiger partial charge in [-0.3, -0.25) is 14.1 Å². The van der Waals surface area contributed by atoms with Crippen LogP contribution in [0.15, 0.2) is 60.1 Å². The molecule has 0 radical (unpaired) electrons. The zero-order valence-corrected chi connectivity index (χ0v) is 26.4. The van der Waals surface area contributed by atoms with Crippen LogP contribution < -0.4 is 0 Å². The van der Waals surface area contributed by atoms with Gasteiger partial charge >= 0.3 is 0 Å². The molecular formula is C35H33F4N5OS. The minimum atomic E-state index is -2.76. The van der Waals surface area contributed by atoms with Crippen LogP contribution in [-0.2, 0) is 11.2 Å². The van der Waals surface area contributed by atoms with Crippen molar-refractivity contribution in [2.24, 2.45) is 0 Å². The second-order valence-electron chi connectivity index (χ2n) is 12.3. The SMILES string of the molecule is CCc1nc2ccc(C3CCN(CC(=O)N4CC(F)(F)C4)CC3)cn2c1-c1ccc(-c2nc(-c3ccc(F)cc3)cs2)c(C)c1F. The lowest BCUT2D eigenvalue weighted by Gasteiger charge is -2.40. The number of hydrogen-bond donors (Lipinski definition) is 0. The monoisotopic (exact) mass is 647 g/mol. The quantitative estimate of drug-likeness (QED) is 0.171. The van der Waals surface area contributed by atoms with Crippen molar-refractivity contribution in [2.45, 2.75) is 45.0 Å². The number of imidazole rings is 1. The van der Waals surface area contributed by atoms with Crippen LogP contribution in [-0.4, -0.2) is 68.7 Å². The van der Waals surface area contributed by atoms with Gasteiger partial charge in [0.2, 0.25) is 5.91 Å². The highest BCUT2D eigenvalue weighted by molar-refractivity contribution is 7.13. The van der Waals surface area contributed by atoms with Gasteiger partial charge in [-0.1, -0.05) is 19.1 Å². The average Bonchev–Trinajstić information content (AvgIpc) is 3.67. The molecule has 0 aliphatic carbocycles. The number of hydrogen-bond acceptors (Lipinski definition) is 5. The Balaban J connectivity index is 1.12. The molecule has 2 aliphatic rings. The van der Waals surface area contributed by atoms with E-state index in [-0.39, 0.29) is 30.0 Å². The van der Waals surface area contributed by atoms with Crippen LogP contribution in [0.1, 0.15) is 42.5 Å². The Bertz CT molecular complexity index is 1920. The van der Waals surface area contributed by atoms with E-state index in [0.717, 1.165) is 41.0 Å². The highest BCUT2D eigenvalue weighted by Crippen LogP contribution is 2.38. The molecule has 7 rings (SSSR count). The molecule has 0 spiro atoms. The van der Waals surface area contributed by atoms with E-state index in [1.165, 1.54) is 28.4 Å². The van der Waals surface area contributed by atoms with E-state index in [9.17, 15) is 18.0 Å². The first-order chi connectivity index (χ1) is 22.1. The number of pyridine rings is 1. The topological polar surface area (TPSA) is 53.7 Å². The number of fused-ring (bicyclic) bond motifs is 1. The van der Waals surface area contributed by atoms with E-state index in [4.69, 9.17) is 9.97 Å². The molecule has 0 bridgehead atoms. The summed E-state index contributed by atoms with van der Waals surface area (Å²) in [6, 6.07) is 13.9. The molecule has 2 aromatic carbocycles. The predicted octanol–water partition coefficient (Wildman–Crippen LogP) is 7.60. The third kappa shape index (κ3) is 5.71. The maximum atomic E-state index is 16.3. The Kier molecular flexibility index (Phi) is 7.92. The molecule has 5 aromatic rings. The van der Waals surface area contributed by atoms with Crippen LogP contribution in [0.25, 0.3) is 38.7 Å². The molecule has 0 N–H and O–H groups in total. The lowest BCUT2D eigenvalue weighted by atomic mass is 9.90. The first-order valence-electron chi connectivity index (χ1n) is 15.5. The first kappa shape index (κ1) is 30.6. The Morgan fingerprint density at radius 1 is 0.978 bits per heavy atom. The zero-order chi connectivity index (χ0) is 32.2. The lowest BCUT2D eigenvalue weighted by molar-refractivity contribution is -0.166. The summed E-state index contributed by atoms with van der Waals surface area (Å²) in [6.07, 6.45) is 4.35. The Hall–Kier alpha value is -4.09. The van der Waals surface area contributed by atoms with E-state index >= 15 is 4.39 Å². The summed E-state index contributed by atoms with van der Waals surface area (Å²) in [6.45, 7) is 4.37. The van der Waals surface area contributed by atoms with Crippen LogP contribution in [0.4, 0.5) is 17.6 Å². The number of alkyl halides is 2. The number of benzene rings is 2. The summed E-state index contributed by atoms with van der Waals surface area (Å²) >= 11 is 1.42. The molecule has 5 heterocycles. The molecule has 2 aliphatic heterocycles. The summed E-state index contributed by atoms with van der Waals surface area (Å²) < 4.78 is 58.0. The van der Waals surface area contributed by atoms with Gasteiger partial charge in [-0.05, 0) is 92.7 Å². The smallest absolute Gasteiger partial charge is 0.282 e. The van der Waals surface area contributed by atoms with Gasteiger partial charge in [-0.15, -0.1) is 11.3 Å². The number of aromatic nitrogens is 3. The van der Waals surface area contributed by atoms with Gasteiger partial charge in [0.1, 0.15) is 22.3 Å². The number of amides is 1. The zero-order valence-electron chi connectivity index (χ0n) is 25.6. The molecule has 0 atom stereocenters. The van der Waals surface area contributed by atoms with Crippen molar-refractivity contribution < 1.29 is 22.4 Å². The lowest BCUT2D eigenvalue weighted by Crippen LogP contribution is -2.60. The van der Waals surface area contributed by atoms with Gasteiger partial charge in [0.05, 0.1) is 36.7 Å². The van der Waals surface area contributed by atoms with Gasteiger partial charge in [0, 0.05) is 28.3 Å². The van der Waals surface area contributed by atoms with Crippen molar-refractivity contribution >= 4 is 22.9 Å². The fourth-order valence-electron chi connectivity index (χ4n) is 6.54. The second-order valence-corrected chi connectivity index (χ2v) is 13.1. The summed E-state index contributed by atoms with van der Waals surface area (Å²) in [5, 5.41) is 2.58. The second kappa shape index (κ2) is 11.9. The largest absolute Gasteiger partial charge is 0.329 e. The third-order valence-corrected chi connectivity index (χ3v) is 10.1. The average molecular weight is 648 g/mol. The van der Waals surface area contributed by atoms with E-state index in [2.05, 4.69) is 12.3 Å². The molecule has 0 unspecified atom stereocenters. The van der Waals surface area contributed by atoms with Crippen LogP contribution >= 0.6 is 11.3 Å². The molecule has 2 saturated heterocycles. The van der Waals surface area contributed by atoms with Gasteiger partial charge in [0.25, 0.3) is 5.92 Å². The Morgan fingerprint density at radius 2 is 1.70 bits per heavy atom. The van der Waals surface area contributed by atoms with Crippen molar-refractivity contribution in [3.8, 4) is 33.1 Å². The molecule has 1 amide bonds. The molecule has 6 nitrogen and oxygen atoms in total. The molecular weight excluding hydrogens is 614 g/mol. The summed E-state index contributed by atoms with van der Waals surface area (Å²) in [5.74, 6) is -3.39. The van der Waals surface area contributed by atoms with Gasteiger partial charge in [-0.25, -0.2) is 27.5 Å². The van der Waals surface area contributed by atoms with E-state index in [1.54, 1.807) is 25.1 Å². The maximum Gasteiger partial charge on any atom is 0.282 e. The number of carbonyl (C=O) groups excluding carboxylic acids is 1. The standard InChI is InChI=1S/C35H33F4N5OS/c1-3-28-33(27-10-9-26(21(2)32(27)37)34-41-29(18-46-34)23-4-7-25(36)8-5-23)44-16-24(6-11-30(44)40-28)22-12-14-42(15-13-22)17-31(45)43-19-35(38,39)20-43/h4-11,16,18,22H,3,12-15,17,19-20H2,1-2H3. The number of piperidine rings is 1. The van der Waals surface area contributed by atoms with Crippen LogP contribution in [0.2, 0.25) is 0 Å². The summed E-state index contributed by atoms with van der Waals surface area (Å²) in [7, 11) is 0. The fourth-order valence-corrected chi connectivity index (χ4v) is 7.45. The fraction of sp³-hybridized carbons (Fsp3) is 0.343. The van der Waals surface area contributed by atoms with Crippen molar-refractivity contribution in [3.63, 3.8) is 0 Å². The summed E-state index contributed by atoms with van der Waals surface area (Å²) in [4.78, 5) is 25.2. The van der Waals surface area contributed by atoms with E-state index < -0.39 is 19.0 Å².